The molecule has 114 valence electrons. The van der Waals surface area contributed by atoms with Gasteiger partial charge in [0.2, 0.25) is 0 Å². The normalized spacial score (nSPS) is 14.3. The summed E-state index contributed by atoms with van der Waals surface area (Å²) in [6.45, 7) is 9.28. The molecule has 4 heteroatoms. The summed E-state index contributed by atoms with van der Waals surface area (Å²) in [5.41, 5.74) is 2.25. The topological polar surface area (TPSA) is 38.3 Å². The van der Waals surface area contributed by atoms with Gasteiger partial charge in [0, 0.05) is 27.7 Å². The Morgan fingerprint density at radius 2 is 2.00 bits per heavy atom. The number of ether oxygens (including phenoxy) is 1. The van der Waals surface area contributed by atoms with Crippen molar-refractivity contribution in [2.45, 2.75) is 51.2 Å². The van der Waals surface area contributed by atoms with E-state index in [0.29, 0.717) is 11.8 Å². The molecule has 0 bridgehead atoms. The van der Waals surface area contributed by atoms with Crippen molar-refractivity contribution in [3.8, 4) is 5.75 Å². The van der Waals surface area contributed by atoms with Gasteiger partial charge >= 0.3 is 0 Å². The second-order valence-corrected chi connectivity index (χ2v) is 7.31. The van der Waals surface area contributed by atoms with Crippen molar-refractivity contribution in [2.24, 2.45) is 0 Å². The van der Waals surface area contributed by atoms with Crippen LogP contribution >= 0.6 is 0 Å². The summed E-state index contributed by atoms with van der Waals surface area (Å²) in [6, 6.07) is 6.47. The van der Waals surface area contributed by atoms with Crippen molar-refractivity contribution >= 4 is 10.8 Å². The molecule has 0 amide bonds. The maximum Gasteiger partial charge on any atom is 0.123 e. The Bertz CT molecular complexity index is 446. The van der Waals surface area contributed by atoms with Gasteiger partial charge in [-0.15, -0.1) is 0 Å². The van der Waals surface area contributed by atoms with Crippen molar-refractivity contribution in [2.75, 3.05) is 13.7 Å². The number of benzene rings is 1. The van der Waals surface area contributed by atoms with Crippen molar-refractivity contribution < 1.29 is 8.95 Å². The summed E-state index contributed by atoms with van der Waals surface area (Å²) in [6.07, 6.45) is 1.12. The van der Waals surface area contributed by atoms with Crippen LogP contribution in [0.15, 0.2) is 18.2 Å². The van der Waals surface area contributed by atoms with Gasteiger partial charge in [0.05, 0.1) is 12.9 Å². The first-order chi connectivity index (χ1) is 9.49. The standard InChI is InChI=1S/C16H27NO2S/c1-6-9-17-13(4)14-7-8-16(19-5)15(10-14)11-20(18)12(2)3/h7-8,10,12-13,17H,6,9,11H2,1-5H3. The predicted octanol–water partition coefficient (Wildman–Crippen LogP) is 3.41. The fourth-order valence-electron chi connectivity index (χ4n) is 1.98. The second kappa shape index (κ2) is 8.42. The van der Waals surface area contributed by atoms with Crippen molar-refractivity contribution in [3.05, 3.63) is 29.3 Å². The van der Waals surface area contributed by atoms with Crippen molar-refractivity contribution in [3.63, 3.8) is 0 Å². The average molecular weight is 297 g/mol. The van der Waals surface area contributed by atoms with Gasteiger partial charge in [-0.2, -0.15) is 0 Å². The minimum absolute atomic E-state index is 0.166. The Labute approximate surface area is 125 Å². The molecule has 20 heavy (non-hydrogen) atoms. The third kappa shape index (κ3) is 4.91. The Morgan fingerprint density at radius 3 is 2.55 bits per heavy atom. The van der Waals surface area contributed by atoms with Crippen LogP contribution in [0.1, 0.15) is 51.3 Å². The average Bonchev–Trinajstić information content (AvgIpc) is 2.44. The predicted molar refractivity (Wildman–Crippen MR) is 86.7 cm³/mol. The van der Waals surface area contributed by atoms with Crippen LogP contribution in [-0.2, 0) is 16.6 Å². The zero-order valence-electron chi connectivity index (χ0n) is 13.2. The summed E-state index contributed by atoms with van der Waals surface area (Å²) in [5, 5.41) is 3.64. The molecule has 0 aromatic heterocycles. The molecular formula is C16H27NO2S. The smallest absolute Gasteiger partial charge is 0.123 e. The van der Waals surface area contributed by atoms with E-state index in [1.165, 1.54) is 5.56 Å². The van der Waals surface area contributed by atoms with E-state index in [-0.39, 0.29) is 5.25 Å². The van der Waals surface area contributed by atoms with Gasteiger partial charge < -0.3 is 10.1 Å². The number of hydrogen-bond donors (Lipinski definition) is 1. The maximum atomic E-state index is 12.1. The molecule has 1 aromatic rings. The van der Waals surface area contributed by atoms with E-state index in [2.05, 4.69) is 31.3 Å². The third-order valence-electron chi connectivity index (χ3n) is 3.33. The van der Waals surface area contributed by atoms with E-state index < -0.39 is 10.8 Å². The summed E-state index contributed by atoms with van der Waals surface area (Å²) < 4.78 is 17.5. The fourth-order valence-corrected chi connectivity index (χ4v) is 2.84. The first kappa shape index (κ1) is 17.2. The highest BCUT2D eigenvalue weighted by molar-refractivity contribution is 7.84. The largest absolute Gasteiger partial charge is 0.496 e. The van der Waals surface area contributed by atoms with E-state index in [4.69, 9.17) is 4.74 Å². The summed E-state index contributed by atoms with van der Waals surface area (Å²) in [5.74, 6) is 1.38. The molecule has 0 saturated heterocycles. The Morgan fingerprint density at radius 1 is 1.30 bits per heavy atom. The van der Waals surface area contributed by atoms with Crippen LogP contribution in [0.3, 0.4) is 0 Å². The van der Waals surface area contributed by atoms with Crippen LogP contribution in [-0.4, -0.2) is 23.1 Å². The second-order valence-electron chi connectivity index (χ2n) is 5.32. The lowest BCUT2D eigenvalue weighted by atomic mass is 10.0. The molecule has 1 aromatic carbocycles. The van der Waals surface area contributed by atoms with Gasteiger partial charge in [-0.05, 0) is 37.6 Å². The van der Waals surface area contributed by atoms with Gasteiger partial charge in [0.15, 0.2) is 0 Å². The van der Waals surface area contributed by atoms with E-state index in [1.807, 2.05) is 19.9 Å². The molecule has 2 unspecified atom stereocenters. The fraction of sp³-hybridized carbons (Fsp3) is 0.625. The van der Waals surface area contributed by atoms with E-state index in [0.717, 1.165) is 24.3 Å². The minimum atomic E-state index is -0.862. The van der Waals surface area contributed by atoms with E-state index >= 15 is 0 Å². The number of hydrogen-bond acceptors (Lipinski definition) is 3. The quantitative estimate of drug-likeness (QED) is 0.799. The van der Waals surface area contributed by atoms with Crippen molar-refractivity contribution in [1.29, 1.82) is 0 Å². The van der Waals surface area contributed by atoms with Crippen LogP contribution in [0.2, 0.25) is 0 Å². The van der Waals surface area contributed by atoms with Crippen LogP contribution in [0.25, 0.3) is 0 Å². The maximum absolute atomic E-state index is 12.1. The highest BCUT2D eigenvalue weighted by Crippen LogP contribution is 2.25. The zero-order chi connectivity index (χ0) is 15.1. The Kier molecular flexibility index (Phi) is 7.24. The van der Waals surface area contributed by atoms with Crippen LogP contribution in [0.5, 0.6) is 5.75 Å². The molecule has 0 heterocycles. The SMILES string of the molecule is CCCNC(C)c1ccc(OC)c(CS(=O)C(C)C)c1. The molecule has 0 aliphatic carbocycles. The van der Waals surface area contributed by atoms with Gasteiger partial charge in [-0.3, -0.25) is 4.21 Å². The molecule has 3 nitrogen and oxygen atoms in total. The van der Waals surface area contributed by atoms with Gasteiger partial charge in [0.25, 0.3) is 0 Å². The lowest BCUT2D eigenvalue weighted by Gasteiger charge is -2.17. The summed E-state index contributed by atoms with van der Waals surface area (Å²) >= 11 is 0. The summed E-state index contributed by atoms with van der Waals surface area (Å²) in [7, 11) is 0.800. The first-order valence-electron chi connectivity index (χ1n) is 7.27. The van der Waals surface area contributed by atoms with Crippen LogP contribution in [0.4, 0.5) is 0 Å². The lowest BCUT2D eigenvalue weighted by Crippen LogP contribution is -2.19. The minimum Gasteiger partial charge on any atom is -0.496 e. The van der Waals surface area contributed by atoms with Crippen LogP contribution in [0, 0.1) is 0 Å². The molecule has 2 atom stereocenters. The molecule has 0 saturated carbocycles. The molecular weight excluding hydrogens is 270 g/mol. The molecule has 0 radical (unpaired) electrons. The van der Waals surface area contributed by atoms with E-state index in [9.17, 15) is 4.21 Å². The molecule has 1 rings (SSSR count). The summed E-state index contributed by atoms with van der Waals surface area (Å²) in [4.78, 5) is 0. The van der Waals surface area contributed by atoms with Crippen molar-refractivity contribution in [1.82, 2.24) is 5.32 Å². The highest BCUT2D eigenvalue weighted by Gasteiger charge is 2.13. The lowest BCUT2D eigenvalue weighted by molar-refractivity contribution is 0.410. The molecule has 1 N–H and O–H groups in total. The first-order valence-corrected chi connectivity index (χ1v) is 8.65. The monoisotopic (exact) mass is 297 g/mol. The van der Waals surface area contributed by atoms with Gasteiger partial charge in [-0.1, -0.05) is 26.8 Å². The Balaban J connectivity index is 2.93. The molecule has 0 aliphatic heterocycles. The number of nitrogens with one attached hydrogen (secondary N) is 1. The van der Waals surface area contributed by atoms with Crippen LogP contribution < -0.4 is 10.1 Å². The highest BCUT2D eigenvalue weighted by atomic mass is 32.2. The van der Waals surface area contributed by atoms with Gasteiger partial charge in [0.1, 0.15) is 5.75 Å². The number of methoxy groups -OCH3 is 1. The molecule has 0 spiro atoms. The van der Waals surface area contributed by atoms with Gasteiger partial charge in [-0.25, -0.2) is 0 Å². The molecule has 0 fully saturated rings. The Hall–Kier alpha value is -0.870. The molecule has 0 aliphatic rings. The number of rotatable bonds is 8. The third-order valence-corrected chi connectivity index (χ3v) is 4.98. The van der Waals surface area contributed by atoms with E-state index in [1.54, 1.807) is 7.11 Å². The zero-order valence-corrected chi connectivity index (χ0v) is 14.0.